The third-order valence-electron chi connectivity index (χ3n) is 5.63. The van der Waals surface area contributed by atoms with Gasteiger partial charge in [0.05, 0.1) is 11.8 Å². The van der Waals surface area contributed by atoms with Crippen molar-refractivity contribution in [2.24, 2.45) is 11.8 Å². The molecule has 3 atom stereocenters. The summed E-state index contributed by atoms with van der Waals surface area (Å²) in [5, 5.41) is 3.44. The molecular formula is C21H26N2O3. The van der Waals surface area contributed by atoms with Gasteiger partial charge in [-0.15, -0.1) is 0 Å². The predicted octanol–water partition coefficient (Wildman–Crippen LogP) is 2.31. The highest BCUT2D eigenvalue weighted by atomic mass is 16.5. The molecule has 1 aromatic carbocycles. The van der Waals surface area contributed by atoms with Crippen LogP contribution in [0, 0.1) is 11.8 Å². The van der Waals surface area contributed by atoms with Crippen LogP contribution in [0.15, 0.2) is 36.4 Å². The average Bonchev–Trinajstić information content (AvgIpc) is 3.18. The minimum atomic E-state index is -0.199. The van der Waals surface area contributed by atoms with Crippen molar-refractivity contribution < 1.29 is 14.3 Å². The number of nitrogens with one attached hydrogen (secondary N) is 1. The fourth-order valence-electron chi connectivity index (χ4n) is 4.22. The van der Waals surface area contributed by atoms with E-state index in [0.29, 0.717) is 6.54 Å². The summed E-state index contributed by atoms with van der Waals surface area (Å²) in [6, 6.07) is 8.19. The van der Waals surface area contributed by atoms with Gasteiger partial charge in [-0.25, -0.2) is 0 Å². The van der Waals surface area contributed by atoms with Gasteiger partial charge < -0.3 is 10.1 Å². The van der Waals surface area contributed by atoms with E-state index in [2.05, 4.69) is 11.4 Å². The molecule has 0 spiro atoms. The van der Waals surface area contributed by atoms with Crippen molar-refractivity contribution in [3.63, 3.8) is 0 Å². The monoisotopic (exact) mass is 354 g/mol. The van der Waals surface area contributed by atoms with Gasteiger partial charge in [0, 0.05) is 19.5 Å². The zero-order chi connectivity index (χ0) is 17.9. The van der Waals surface area contributed by atoms with E-state index in [9.17, 15) is 9.59 Å². The van der Waals surface area contributed by atoms with Crippen molar-refractivity contribution in [1.82, 2.24) is 10.2 Å². The molecule has 3 unspecified atom stereocenters. The first-order valence-corrected chi connectivity index (χ1v) is 9.71. The number of hydrogen-bond acceptors (Lipinski definition) is 4. The highest BCUT2D eigenvalue weighted by Gasteiger charge is 2.46. The quantitative estimate of drug-likeness (QED) is 0.464. The van der Waals surface area contributed by atoms with Gasteiger partial charge in [-0.05, 0) is 43.9 Å². The van der Waals surface area contributed by atoms with E-state index in [-0.39, 0.29) is 29.8 Å². The van der Waals surface area contributed by atoms with Gasteiger partial charge in [0.2, 0.25) is 11.8 Å². The molecule has 0 bridgehead atoms. The smallest absolute Gasteiger partial charge is 0.236 e. The maximum Gasteiger partial charge on any atom is 0.236 e. The average molecular weight is 354 g/mol. The second kappa shape index (κ2) is 7.62. The van der Waals surface area contributed by atoms with E-state index in [0.717, 1.165) is 50.9 Å². The molecule has 1 saturated heterocycles. The van der Waals surface area contributed by atoms with E-state index in [1.165, 1.54) is 10.5 Å². The SMILES string of the molecule is O=C1C2C=CCCC2C(=O)N1CCCCNCC1Cc2ccccc2O1. The number of amides is 2. The molecule has 1 N–H and O–H groups in total. The van der Waals surface area contributed by atoms with Crippen LogP contribution in [-0.4, -0.2) is 42.5 Å². The number of ether oxygens (including phenoxy) is 1. The molecule has 2 aliphatic heterocycles. The molecule has 0 aromatic heterocycles. The Morgan fingerprint density at radius 1 is 1.15 bits per heavy atom. The Morgan fingerprint density at radius 3 is 2.88 bits per heavy atom. The Hall–Kier alpha value is -2.14. The van der Waals surface area contributed by atoms with E-state index in [1.807, 2.05) is 30.4 Å². The number of carbonyl (C=O) groups excluding carboxylic acids is 2. The van der Waals surface area contributed by atoms with Gasteiger partial charge in [0.1, 0.15) is 11.9 Å². The lowest BCUT2D eigenvalue weighted by Crippen LogP contribution is -2.33. The van der Waals surface area contributed by atoms with Crippen LogP contribution < -0.4 is 10.1 Å². The molecule has 2 heterocycles. The van der Waals surface area contributed by atoms with Crippen LogP contribution >= 0.6 is 0 Å². The molecule has 1 aliphatic carbocycles. The lowest BCUT2D eigenvalue weighted by Gasteiger charge is -2.15. The van der Waals surface area contributed by atoms with Crippen LogP contribution in [0.5, 0.6) is 5.75 Å². The van der Waals surface area contributed by atoms with Gasteiger partial charge in [0.25, 0.3) is 0 Å². The van der Waals surface area contributed by atoms with E-state index in [1.54, 1.807) is 0 Å². The zero-order valence-electron chi connectivity index (χ0n) is 15.0. The third-order valence-corrected chi connectivity index (χ3v) is 5.63. The van der Waals surface area contributed by atoms with Gasteiger partial charge in [0.15, 0.2) is 0 Å². The lowest BCUT2D eigenvalue weighted by atomic mass is 9.86. The van der Waals surface area contributed by atoms with Crippen molar-refractivity contribution in [1.29, 1.82) is 0 Å². The van der Waals surface area contributed by atoms with Gasteiger partial charge in [-0.1, -0.05) is 30.4 Å². The fourth-order valence-corrected chi connectivity index (χ4v) is 4.22. The molecule has 4 rings (SSSR count). The number of unbranched alkanes of at least 4 members (excludes halogenated alkanes) is 1. The van der Waals surface area contributed by atoms with Gasteiger partial charge in [-0.3, -0.25) is 14.5 Å². The largest absolute Gasteiger partial charge is 0.488 e. The van der Waals surface area contributed by atoms with E-state index < -0.39 is 0 Å². The fraction of sp³-hybridized carbons (Fsp3) is 0.524. The number of nitrogens with zero attached hydrogens (tertiary/aromatic N) is 1. The Kier molecular flexibility index (Phi) is 5.07. The standard InChI is InChI=1S/C21H26N2O3/c24-20-17-8-2-3-9-18(17)21(25)23(20)12-6-5-11-22-14-16-13-15-7-1-4-10-19(15)26-16/h1-2,4,7-8,10,16-18,22H,3,5-6,9,11-14H2. The number of imide groups is 1. The Labute approximate surface area is 154 Å². The first kappa shape index (κ1) is 17.3. The van der Waals surface area contributed by atoms with Crippen LogP contribution in [0.1, 0.15) is 31.2 Å². The normalized spacial score (nSPS) is 26.8. The summed E-state index contributed by atoms with van der Waals surface area (Å²) in [4.78, 5) is 26.3. The molecule has 2 amide bonds. The first-order valence-electron chi connectivity index (χ1n) is 9.71. The summed E-state index contributed by atoms with van der Waals surface area (Å²) in [5.74, 6) is 0.735. The van der Waals surface area contributed by atoms with Crippen molar-refractivity contribution in [2.45, 2.75) is 38.2 Å². The second-order valence-electron chi connectivity index (χ2n) is 7.43. The highest BCUT2D eigenvalue weighted by Crippen LogP contribution is 2.34. The lowest BCUT2D eigenvalue weighted by molar-refractivity contribution is -0.139. The van der Waals surface area contributed by atoms with Crippen LogP contribution in [-0.2, 0) is 16.0 Å². The van der Waals surface area contributed by atoms with Crippen molar-refractivity contribution in [3.05, 3.63) is 42.0 Å². The summed E-state index contributed by atoms with van der Waals surface area (Å²) < 4.78 is 5.91. The van der Waals surface area contributed by atoms with Crippen molar-refractivity contribution in [3.8, 4) is 5.75 Å². The second-order valence-corrected chi connectivity index (χ2v) is 7.43. The number of para-hydroxylation sites is 1. The summed E-state index contributed by atoms with van der Waals surface area (Å²) in [6.07, 6.45) is 8.62. The number of hydrogen-bond donors (Lipinski definition) is 1. The van der Waals surface area contributed by atoms with E-state index >= 15 is 0 Å². The van der Waals surface area contributed by atoms with Crippen LogP contribution in [0.3, 0.4) is 0 Å². The molecule has 0 radical (unpaired) electrons. The Morgan fingerprint density at radius 2 is 2.04 bits per heavy atom. The van der Waals surface area contributed by atoms with Crippen LogP contribution in [0.4, 0.5) is 0 Å². The predicted molar refractivity (Wildman–Crippen MR) is 98.7 cm³/mol. The summed E-state index contributed by atoms with van der Waals surface area (Å²) in [6.45, 7) is 2.25. The Bertz CT molecular complexity index is 690. The molecule has 138 valence electrons. The highest BCUT2D eigenvalue weighted by molar-refractivity contribution is 6.06. The minimum Gasteiger partial charge on any atom is -0.488 e. The summed E-state index contributed by atoms with van der Waals surface area (Å²) in [5.41, 5.74) is 1.28. The number of rotatable bonds is 7. The number of carbonyl (C=O) groups is 2. The molecule has 1 aromatic rings. The summed E-state index contributed by atoms with van der Waals surface area (Å²) >= 11 is 0. The summed E-state index contributed by atoms with van der Waals surface area (Å²) in [7, 11) is 0. The number of fused-ring (bicyclic) bond motifs is 2. The molecule has 3 aliphatic rings. The van der Waals surface area contributed by atoms with Gasteiger partial charge in [-0.2, -0.15) is 0 Å². The molecule has 5 nitrogen and oxygen atoms in total. The van der Waals surface area contributed by atoms with E-state index in [4.69, 9.17) is 4.74 Å². The first-order chi connectivity index (χ1) is 12.7. The maximum atomic E-state index is 12.4. The van der Waals surface area contributed by atoms with Crippen molar-refractivity contribution in [2.75, 3.05) is 19.6 Å². The van der Waals surface area contributed by atoms with Crippen LogP contribution in [0.2, 0.25) is 0 Å². The van der Waals surface area contributed by atoms with Gasteiger partial charge >= 0.3 is 0 Å². The molecule has 0 saturated carbocycles. The topological polar surface area (TPSA) is 58.6 Å². The molecule has 5 heteroatoms. The number of benzene rings is 1. The molecule has 1 fully saturated rings. The zero-order valence-corrected chi connectivity index (χ0v) is 15.0. The minimum absolute atomic E-state index is 0.000953. The van der Waals surface area contributed by atoms with Crippen LogP contribution in [0.25, 0.3) is 0 Å². The van der Waals surface area contributed by atoms with Crippen molar-refractivity contribution >= 4 is 11.8 Å². The number of allylic oxidation sites excluding steroid dienone is 1. The third kappa shape index (κ3) is 3.40. The molecule has 26 heavy (non-hydrogen) atoms. The molecular weight excluding hydrogens is 328 g/mol. The Balaban J connectivity index is 1.14. The number of likely N-dealkylation sites (tertiary alicyclic amines) is 1. The maximum absolute atomic E-state index is 12.4.